The number of aromatic nitrogens is 1. The Kier molecular flexibility index (Phi) is 7.87. The molecule has 0 aliphatic heterocycles. The fourth-order valence-corrected chi connectivity index (χ4v) is 0.836. The van der Waals surface area contributed by atoms with Crippen LogP contribution in [-0.2, 0) is 16.0 Å². The lowest BCUT2D eigenvalue weighted by atomic mass is 10.3. The van der Waals surface area contributed by atoms with Crippen LogP contribution in [0.5, 0.6) is 0 Å². The minimum absolute atomic E-state index is 0.558. The second-order valence-electron chi connectivity index (χ2n) is 2.87. The van der Waals surface area contributed by atoms with E-state index in [-0.39, 0.29) is 0 Å². The number of carboxylic acids is 2. The zero-order chi connectivity index (χ0) is 13.1. The minimum Gasteiger partial charge on any atom is -0.478 e. The van der Waals surface area contributed by atoms with Crippen molar-refractivity contribution in [2.75, 3.05) is 6.54 Å². The van der Waals surface area contributed by atoms with Crippen molar-refractivity contribution in [3.63, 3.8) is 0 Å². The molecule has 1 aromatic rings. The zero-order valence-electron chi connectivity index (χ0n) is 9.11. The summed E-state index contributed by atoms with van der Waals surface area (Å²) < 4.78 is 0. The van der Waals surface area contributed by atoms with Crippen molar-refractivity contribution in [2.45, 2.75) is 6.42 Å². The Morgan fingerprint density at radius 1 is 1.24 bits per heavy atom. The molecular weight excluding hydrogens is 224 g/mol. The van der Waals surface area contributed by atoms with Gasteiger partial charge in [0.2, 0.25) is 0 Å². The van der Waals surface area contributed by atoms with E-state index in [1.807, 2.05) is 18.2 Å². The smallest absolute Gasteiger partial charge is 0.328 e. The van der Waals surface area contributed by atoms with Gasteiger partial charge in [0.15, 0.2) is 0 Å². The van der Waals surface area contributed by atoms with E-state index < -0.39 is 11.9 Å². The second kappa shape index (κ2) is 9.05. The molecule has 1 aromatic heterocycles. The van der Waals surface area contributed by atoms with Gasteiger partial charge in [-0.2, -0.15) is 0 Å². The maximum Gasteiger partial charge on any atom is 0.328 e. The van der Waals surface area contributed by atoms with E-state index in [0.29, 0.717) is 18.7 Å². The van der Waals surface area contributed by atoms with E-state index in [0.717, 1.165) is 12.1 Å². The van der Waals surface area contributed by atoms with E-state index >= 15 is 0 Å². The van der Waals surface area contributed by atoms with Gasteiger partial charge in [-0.1, -0.05) is 6.07 Å². The quantitative estimate of drug-likeness (QED) is 0.650. The highest BCUT2D eigenvalue weighted by Gasteiger charge is 1.88. The Hall–Kier alpha value is -2.21. The molecule has 0 amide bonds. The van der Waals surface area contributed by atoms with E-state index in [2.05, 4.69) is 4.98 Å². The standard InChI is InChI=1S/C7H10N2.C4H4O4/c8-5-4-7-3-1-2-6-9-7;5-3(6)1-2-4(7)8/h1-3,6H,4-5,8H2;1-2H,(H,5,6)(H,7,8). The molecule has 1 rings (SSSR count). The molecule has 0 atom stereocenters. The van der Waals surface area contributed by atoms with Crippen LogP contribution < -0.4 is 5.73 Å². The first-order valence-corrected chi connectivity index (χ1v) is 4.80. The predicted octanol–water partition coefficient (Wildman–Crippen LogP) is 0.295. The van der Waals surface area contributed by atoms with Gasteiger partial charge in [-0.15, -0.1) is 0 Å². The fourth-order valence-electron chi connectivity index (χ4n) is 0.836. The molecule has 0 unspecified atom stereocenters. The molecule has 0 spiro atoms. The second-order valence-corrected chi connectivity index (χ2v) is 2.87. The summed E-state index contributed by atoms with van der Waals surface area (Å²) in [6.45, 7) is 0.678. The zero-order valence-corrected chi connectivity index (χ0v) is 9.11. The first-order valence-electron chi connectivity index (χ1n) is 4.80. The molecule has 0 aliphatic carbocycles. The molecule has 6 heteroatoms. The van der Waals surface area contributed by atoms with Crippen molar-refractivity contribution in [3.8, 4) is 0 Å². The van der Waals surface area contributed by atoms with Crippen LogP contribution in [0.2, 0.25) is 0 Å². The number of nitrogens with zero attached hydrogens (tertiary/aromatic N) is 1. The van der Waals surface area contributed by atoms with Gasteiger partial charge in [0, 0.05) is 30.5 Å². The number of carbonyl (C=O) groups is 2. The summed E-state index contributed by atoms with van der Waals surface area (Å²) >= 11 is 0. The van der Waals surface area contributed by atoms with Crippen LogP contribution in [0.3, 0.4) is 0 Å². The summed E-state index contributed by atoms with van der Waals surface area (Å²) in [5, 5.41) is 15.6. The first-order chi connectivity index (χ1) is 8.06. The topological polar surface area (TPSA) is 114 Å². The van der Waals surface area contributed by atoms with Crippen LogP contribution >= 0.6 is 0 Å². The average Bonchev–Trinajstić information content (AvgIpc) is 2.29. The fraction of sp³-hybridized carbons (Fsp3) is 0.182. The Morgan fingerprint density at radius 2 is 1.82 bits per heavy atom. The lowest BCUT2D eigenvalue weighted by Crippen LogP contribution is -2.03. The molecule has 0 saturated carbocycles. The molecular formula is C11H14N2O4. The maximum absolute atomic E-state index is 9.55. The number of hydrogen-bond acceptors (Lipinski definition) is 4. The minimum atomic E-state index is -1.26. The Balaban J connectivity index is 0.000000304. The highest BCUT2D eigenvalue weighted by molar-refractivity contribution is 5.89. The third-order valence-corrected chi connectivity index (χ3v) is 1.50. The van der Waals surface area contributed by atoms with Crippen molar-refractivity contribution in [2.24, 2.45) is 5.73 Å². The van der Waals surface area contributed by atoms with Crippen molar-refractivity contribution < 1.29 is 19.8 Å². The number of pyridine rings is 1. The SMILES string of the molecule is NCCc1ccccn1.O=C(O)C=CC(=O)O. The van der Waals surface area contributed by atoms with E-state index in [1.54, 1.807) is 6.20 Å². The van der Waals surface area contributed by atoms with Gasteiger partial charge in [-0.05, 0) is 18.7 Å². The maximum atomic E-state index is 9.55. The summed E-state index contributed by atoms with van der Waals surface area (Å²) in [4.78, 5) is 23.2. The van der Waals surface area contributed by atoms with E-state index in [9.17, 15) is 9.59 Å². The van der Waals surface area contributed by atoms with Gasteiger partial charge >= 0.3 is 11.9 Å². The van der Waals surface area contributed by atoms with Gasteiger partial charge in [-0.3, -0.25) is 4.98 Å². The highest BCUT2D eigenvalue weighted by atomic mass is 16.4. The van der Waals surface area contributed by atoms with Crippen LogP contribution in [0.15, 0.2) is 36.5 Å². The molecule has 4 N–H and O–H groups in total. The number of carboxylic acid groups (broad SMARTS) is 2. The summed E-state index contributed by atoms with van der Waals surface area (Å²) in [7, 11) is 0. The van der Waals surface area contributed by atoms with Gasteiger partial charge in [0.1, 0.15) is 0 Å². The van der Waals surface area contributed by atoms with Crippen LogP contribution in [0.4, 0.5) is 0 Å². The summed E-state index contributed by atoms with van der Waals surface area (Å²) in [6.07, 6.45) is 3.77. The number of aliphatic carboxylic acids is 2. The van der Waals surface area contributed by atoms with Crippen molar-refractivity contribution >= 4 is 11.9 Å². The number of rotatable bonds is 4. The number of nitrogens with two attached hydrogens (primary N) is 1. The van der Waals surface area contributed by atoms with Gasteiger partial charge in [0.25, 0.3) is 0 Å². The monoisotopic (exact) mass is 238 g/mol. The van der Waals surface area contributed by atoms with E-state index in [4.69, 9.17) is 15.9 Å². The molecule has 0 fully saturated rings. The van der Waals surface area contributed by atoms with Crippen molar-refractivity contribution in [1.82, 2.24) is 4.98 Å². The molecule has 1 heterocycles. The lowest BCUT2D eigenvalue weighted by molar-refractivity contribution is -0.134. The molecule has 6 nitrogen and oxygen atoms in total. The largest absolute Gasteiger partial charge is 0.478 e. The third-order valence-electron chi connectivity index (χ3n) is 1.50. The number of hydrogen-bond donors (Lipinski definition) is 3. The highest BCUT2D eigenvalue weighted by Crippen LogP contribution is 1.91. The normalized spacial score (nSPS) is 9.47. The predicted molar refractivity (Wildman–Crippen MR) is 61.4 cm³/mol. The molecule has 0 radical (unpaired) electrons. The summed E-state index contributed by atoms with van der Waals surface area (Å²) in [5.41, 5.74) is 6.39. The van der Waals surface area contributed by atoms with Crippen LogP contribution in [0.1, 0.15) is 5.69 Å². The van der Waals surface area contributed by atoms with Crippen molar-refractivity contribution in [1.29, 1.82) is 0 Å². The van der Waals surface area contributed by atoms with Crippen LogP contribution in [0.25, 0.3) is 0 Å². The van der Waals surface area contributed by atoms with Crippen LogP contribution in [-0.4, -0.2) is 33.7 Å². The molecule has 0 aromatic carbocycles. The lowest BCUT2D eigenvalue weighted by Gasteiger charge is -1.92. The molecule has 92 valence electrons. The first kappa shape index (κ1) is 14.8. The van der Waals surface area contributed by atoms with Gasteiger partial charge in [-0.25, -0.2) is 9.59 Å². The van der Waals surface area contributed by atoms with Gasteiger partial charge < -0.3 is 15.9 Å². The van der Waals surface area contributed by atoms with Crippen LogP contribution in [0, 0.1) is 0 Å². The summed E-state index contributed by atoms with van der Waals surface area (Å²) in [6, 6.07) is 5.85. The Morgan fingerprint density at radius 3 is 2.18 bits per heavy atom. The molecule has 0 bridgehead atoms. The molecule has 17 heavy (non-hydrogen) atoms. The Labute approximate surface area is 98.4 Å². The molecule has 0 saturated heterocycles. The summed E-state index contributed by atoms with van der Waals surface area (Å²) in [5.74, 6) is -2.51. The van der Waals surface area contributed by atoms with E-state index in [1.165, 1.54) is 0 Å². The average molecular weight is 238 g/mol. The Bertz CT molecular complexity index is 360. The van der Waals surface area contributed by atoms with Gasteiger partial charge in [0.05, 0.1) is 0 Å². The molecule has 0 aliphatic rings. The third kappa shape index (κ3) is 10.1. The van der Waals surface area contributed by atoms with Crippen molar-refractivity contribution in [3.05, 3.63) is 42.2 Å².